The standard InChI is InChI=1S/C10H11N3O4S/c1-2-12(7-6-11)18(16,17)10-5-3-4-9(8-10)13(14)15/h3-5,8H,2,7H2,1H3. The molecular weight excluding hydrogens is 258 g/mol. The molecule has 0 heterocycles. The van der Waals surface area contributed by atoms with E-state index in [9.17, 15) is 18.5 Å². The number of benzene rings is 1. The summed E-state index contributed by atoms with van der Waals surface area (Å²) in [6.45, 7) is 1.42. The van der Waals surface area contributed by atoms with Gasteiger partial charge in [0.05, 0.1) is 15.9 Å². The smallest absolute Gasteiger partial charge is 0.258 e. The third kappa shape index (κ3) is 2.82. The molecule has 0 aliphatic heterocycles. The molecule has 8 heteroatoms. The van der Waals surface area contributed by atoms with Crippen LogP contribution in [0.3, 0.4) is 0 Å². The first-order valence-corrected chi connectivity index (χ1v) is 6.49. The van der Waals surface area contributed by atoms with E-state index in [1.165, 1.54) is 18.2 Å². The summed E-state index contributed by atoms with van der Waals surface area (Å²) in [6.07, 6.45) is 0. The first-order chi connectivity index (χ1) is 8.43. The third-order valence-corrected chi connectivity index (χ3v) is 4.18. The second-order valence-corrected chi connectivity index (χ2v) is 5.28. The monoisotopic (exact) mass is 269 g/mol. The molecule has 0 unspecified atom stereocenters. The van der Waals surface area contributed by atoms with Gasteiger partial charge in [0.1, 0.15) is 6.54 Å². The van der Waals surface area contributed by atoms with Gasteiger partial charge in [-0.1, -0.05) is 13.0 Å². The Kier molecular flexibility index (Phi) is 4.36. The number of nitro groups is 1. The van der Waals surface area contributed by atoms with Crippen LogP contribution in [-0.4, -0.2) is 30.7 Å². The molecule has 96 valence electrons. The number of sulfonamides is 1. The fourth-order valence-corrected chi connectivity index (χ4v) is 2.74. The second-order valence-electron chi connectivity index (χ2n) is 3.34. The molecule has 0 spiro atoms. The molecule has 1 rings (SSSR count). The number of nitrogens with zero attached hydrogens (tertiary/aromatic N) is 3. The van der Waals surface area contributed by atoms with Gasteiger partial charge in [-0.15, -0.1) is 0 Å². The summed E-state index contributed by atoms with van der Waals surface area (Å²) in [7, 11) is -3.86. The maximum absolute atomic E-state index is 12.1. The number of hydrogen-bond donors (Lipinski definition) is 0. The van der Waals surface area contributed by atoms with Gasteiger partial charge >= 0.3 is 0 Å². The summed E-state index contributed by atoms with van der Waals surface area (Å²) in [5.41, 5.74) is -0.302. The third-order valence-electron chi connectivity index (χ3n) is 2.27. The summed E-state index contributed by atoms with van der Waals surface area (Å²) in [4.78, 5) is 9.74. The quantitative estimate of drug-likeness (QED) is 0.452. The fraction of sp³-hybridized carbons (Fsp3) is 0.300. The minimum Gasteiger partial charge on any atom is -0.258 e. The van der Waals surface area contributed by atoms with E-state index in [2.05, 4.69) is 0 Å². The van der Waals surface area contributed by atoms with Gasteiger partial charge in [-0.25, -0.2) is 8.42 Å². The van der Waals surface area contributed by atoms with Crippen LogP contribution in [0.1, 0.15) is 6.92 Å². The van der Waals surface area contributed by atoms with E-state index in [0.29, 0.717) is 0 Å². The first-order valence-electron chi connectivity index (χ1n) is 5.05. The van der Waals surface area contributed by atoms with Crippen LogP contribution in [0.5, 0.6) is 0 Å². The Bertz CT molecular complexity index is 591. The van der Waals surface area contributed by atoms with Crippen LogP contribution in [0.25, 0.3) is 0 Å². The van der Waals surface area contributed by atoms with Crippen LogP contribution in [0.2, 0.25) is 0 Å². The Balaban J connectivity index is 3.24. The SMILES string of the molecule is CCN(CC#N)S(=O)(=O)c1cccc([N+](=O)[O-])c1. The van der Waals surface area contributed by atoms with Crippen molar-refractivity contribution in [3.8, 4) is 6.07 Å². The zero-order valence-corrected chi connectivity index (χ0v) is 10.4. The van der Waals surface area contributed by atoms with Crippen LogP contribution in [-0.2, 0) is 10.0 Å². The zero-order chi connectivity index (χ0) is 13.8. The van der Waals surface area contributed by atoms with E-state index in [4.69, 9.17) is 5.26 Å². The van der Waals surface area contributed by atoms with Gasteiger partial charge in [0.25, 0.3) is 5.69 Å². The topological polar surface area (TPSA) is 104 Å². The van der Waals surface area contributed by atoms with Gasteiger partial charge in [0, 0.05) is 18.7 Å². The Hall–Kier alpha value is -1.98. The van der Waals surface area contributed by atoms with Gasteiger partial charge in [-0.05, 0) is 6.07 Å². The van der Waals surface area contributed by atoms with Crippen molar-refractivity contribution in [2.24, 2.45) is 0 Å². The summed E-state index contributed by atoms with van der Waals surface area (Å²) in [6, 6.07) is 6.50. The first kappa shape index (κ1) is 14.1. The van der Waals surface area contributed by atoms with E-state index >= 15 is 0 Å². The van der Waals surface area contributed by atoms with E-state index in [1.807, 2.05) is 0 Å². The molecule has 18 heavy (non-hydrogen) atoms. The molecule has 0 aromatic heterocycles. The highest BCUT2D eigenvalue weighted by molar-refractivity contribution is 7.89. The van der Waals surface area contributed by atoms with Gasteiger partial charge in [-0.3, -0.25) is 10.1 Å². The summed E-state index contributed by atoms with van der Waals surface area (Å²) in [5.74, 6) is 0. The van der Waals surface area contributed by atoms with Crippen molar-refractivity contribution in [3.63, 3.8) is 0 Å². The molecule has 0 fully saturated rings. The van der Waals surface area contributed by atoms with Gasteiger partial charge in [-0.2, -0.15) is 9.57 Å². The average molecular weight is 269 g/mol. The maximum atomic E-state index is 12.1. The Morgan fingerprint density at radius 3 is 2.67 bits per heavy atom. The molecule has 1 aromatic rings. The van der Waals surface area contributed by atoms with E-state index in [-0.39, 0.29) is 23.7 Å². The predicted octanol–water partition coefficient (Wildman–Crippen LogP) is 1.13. The largest absolute Gasteiger partial charge is 0.270 e. The van der Waals surface area contributed by atoms with Crippen LogP contribution in [0.15, 0.2) is 29.2 Å². The van der Waals surface area contributed by atoms with Crippen molar-refractivity contribution in [1.82, 2.24) is 4.31 Å². The summed E-state index contributed by atoms with van der Waals surface area (Å²) in [5, 5.41) is 19.1. The summed E-state index contributed by atoms with van der Waals surface area (Å²) < 4.78 is 25.1. The molecule has 0 N–H and O–H groups in total. The average Bonchev–Trinajstić information content (AvgIpc) is 2.35. The summed E-state index contributed by atoms with van der Waals surface area (Å²) >= 11 is 0. The minimum absolute atomic E-state index is 0.124. The molecule has 0 bridgehead atoms. The number of non-ortho nitro benzene ring substituents is 1. The van der Waals surface area contributed by atoms with Gasteiger partial charge in [0.2, 0.25) is 10.0 Å². The van der Waals surface area contributed by atoms with Crippen molar-refractivity contribution in [2.45, 2.75) is 11.8 Å². The molecule has 0 saturated heterocycles. The molecular formula is C10H11N3O4S. The van der Waals surface area contributed by atoms with E-state index < -0.39 is 14.9 Å². The number of nitriles is 1. The normalized spacial score (nSPS) is 11.2. The Labute approximate surface area is 104 Å². The van der Waals surface area contributed by atoms with Crippen LogP contribution >= 0.6 is 0 Å². The number of rotatable bonds is 5. The van der Waals surface area contributed by atoms with Crippen LogP contribution < -0.4 is 0 Å². The maximum Gasteiger partial charge on any atom is 0.270 e. The molecule has 0 aliphatic rings. The van der Waals surface area contributed by atoms with Crippen molar-refractivity contribution < 1.29 is 13.3 Å². The number of nitro benzene ring substituents is 1. The second kappa shape index (κ2) is 5.57. The molecule has 7 nitrogen and oxygen atoms in total. The highest BCUT2D eigenvalue weighted by atomic mass is 32.2. The van der Waals surface area contributed by atoms with Crippen molar-refractivity contribution in [1.29, 1.82) is 5.26 Å². The number of hydrogen-bond acceptors (Lipinski definition) is 5. The highest BCUT2D eigenvalue weighted by Crippen LogP contribution is 2.20. The molecule has 0 atom stereocenters. The molecule has 0 radical (unpaired) electrons. The lowest BCUT2D eigenvalue weighted by atomic mass is 10.3. The fourth-order valence-electron chi connectivity index (χ4n) is 1.35. The van der Waals surface area contributed by atoms with Crippen molar-refractivity contribution in [2.75, 3.05) is 13.1 Å². The molecule has 0 amide bonds. The lowest BCUT2D eigenvalue weighted by molar-refractivity contribution is -0.385. The Morgan fingerprint density at radius 1 is 1.50 bits per heavy atom. The predicted molar refractivity (Wildman–Crippen MR) is 63.1 cm³/mol. The van der Waals surface area contributed by atoms with E-state index in [0.717, 1.165) is 10.4 Å². The van der Waals surface area contributed by atoms with Crippen molar-refractivity contribution in [3.05, 3.63) is 34.4 Å². The molecule has 0 saturated carbocycles. The van der Waals surface area contributed by atoms with Crippen LogP contribution in [0, 0.1) is 21.4 Å². The highest BCUT2D eigenvalue weighted by Gasteiger charge is 2.24. The lowest BCUT2D eigenvalue weighted by Gasteiger charge is -2.16. The van der Waals surface area contributed by atoms with Crippen LogP contribution in [0.4, 0.5) is 5.69 Å². The lowest BCUT2D eigenvalue weighted by Crippen LogP contribution is -2.31. The zero-order valence-electron chi connectivity index (χ0n) is 9.61. The minimum atomic E-state index is -3.86. The molecule has 1 aromatic carbocycles. The molecule has 0 aliphatic carbocycles. The van der Waals surface area contributed by atoms with Gasteiger partial charge < -0.3 is 0 Å². The van der Waals surface area contributed by atoms with Crippen molar-refractivity contribution >= 4 is 15.7 Å². The van der Waals surface area contributed by atoms with Gasteiger partial charge in [0.15, 0.2) is 0 Å². The van der Waals surface area contributed by atoms with E-state index in [1.54, 1.807) is 13.0 Å². The Morgan fingerprint density at radius 2 is 2.17 bits per heavy atom.